The highest BCUT2D eigenvalue weighted by Crippen LogP contribution is 2.18. The third kappa shape index (κ3) is 4.32. The molecule has 2 aromatic heterocycles. The van der Waals surface area contributed by atoms with Gasteiger partial charge in [-0.3, -0.25) is 4.79 Å². The molecule has 0 bridgehead atoms. The molecule has 0 aliphatic rings. The molecule has 2 heterocycles. The van der Waals surface area contributed by atoms with Crippen LogP contribution in [0, 0.1) is 0 Å². The van der Waals surface area contributed by atoms with Gasteiger partial charge in [-0.25, -0.2) is 8.42 Å². The summed E-state index contributed by atoms with van der Waals surface area (Å²) in [5.41, 5.74) is 0. The minimum atomic E-state index is -3.53. The van der Waals surface area contributed by atoms with Crippen molar-refractivity contribution in [2.75, 3.05) is 5.75 Å². The van der Waals surface area contributed by atoms with Crippen molar-refractivity contribution in [2.45, 2.75) is 17.9 Å². The Labute approximate surface area is 143 Å². The number of nitrogens with zero attached hydrogens (tertiary/aromatic N) is 2. The van der Waals surface area contributed by atoms with Crippen molar-refractivity contribution in [1.29, 1.82) is 0 Å². The van der Waals surface area contributed by atoms with Crippen molar-refractivity contribution in [1.82, 2.24) is 10.2 Å². The van der Waals surface area contributed by atoms with Crippen LogP contribution in [0.25, 0.3) is 11.7 Å². The molecule has 0 aliphatic heterocycles. The van der Waals surface area contributed by atoms with E-state index in [1.807, 2.05) is 0 Å². The Morgan fingerprint density at radius 2 is 1.88 bits per heavy atom. The number of carbonyl (C=O) groups excluding carboxylic acids is 1. The zero-order valence-electron chi connectivity index (χ0n) is 13.0. The van der Waals surface area contributed by atoms with Crippen LogP contribution in [-0.4, -0.2) is 30.3 Å². The molecule has 0 atom stereocenters. The van der Waals surface area contributed by atoms with E-state index in [4.69, 9.17) is 13.6 Å². The summed E-state index contributed by atoms with van der Waals surface area (Å²) in [5.74, 6) is -0.346. The maximum Gasteiger partial charge on any atom is 0.307 e. The second kappa shape index (κ2) is 7.31. The largest absolute Gasteiger partial charge is 0.459 e. The number of carbonyl (C=O) groups is 1. The molecule has 0 amide bonds. The standard InChI is InChI=1S/C16H14N2O6S/c19-15(8-10-25(20,21)12-5-2-1-3-6-12)23-11-14-17-18-16(24-14)13-7-4-9-22-13/h1-7,9H,8,10-11H2. The van der Waals surface area contributed by atoms with Crippen LogP contribution < -0.4 is 0 Å². The van der Waals surface area contributed by atoms with Gasteiger partial charge in [-0.1, -0.05) is 18.2 Å². The van der Waals surface area contributed by atoms with E-state index in [0.717, 1.165) is 0 Å². The molecule has 3 rings (SSSR count). The van der Waals surface area contributed by atoms with Crippen LogP contribution in [0.5, 0.6) is 0 Å². The summed E-state index contributed by atoms with van der Waals surface area (Å²) in [7, 11) is -3.53. The number of ether oxygens (including phenoxy) is 1. The normalized spacial score (nSPS) is 11.4. The summed E-state index contributed by atoms with van der Waals surface area (Å²) in [6, 6.07) is 11.2. The fourth-order valence-corrected chi connectivity index (χ4v) is 3.23. The van der Waals surface area contributed by atoms with E-state index < -0.39 is 15.8 Å². The van der Waals surface area contributed by atoms with E-state index in [-0.39, 0.29) is 35.5 Å². The number of aromatic nitrogens is 2. The number of esters is 1. The van der Waals surface area contributed by atoms with Crippen LogP contribution in [0.1, 0.15) is 12.3 Å². The van der Waals surface area contributed by atoms with Crippen LogP contribution in [0.3, 0.4) is 0 Å². The Bertz CT molecular complexity index is 932. The molecule has 0 aliphatic carbocycles. The third-order valence-corrected chi connectivity index (χ3v) is 4.96. The van der Waals surface area contributed by atoms with E-state index >= 15 is 0 Å². The summed E-state index contributed by atoms with van der Waals surface area (Å²) in [6.45, 7) is -0.238. The fraction of sp³-hybridized carbons (Fsp3) is 0.188. The first-order chi connectivity index (χ1) is 12.0. The van der Waals surface area contributed by atoms with E-state index in [2.05, 4.69) is 10.2 Å². The van der Waals surface area contributed by atoms with Crippen molar-refractivity contribution in [3.8, 4) is 11.7 Å². The molecule has 8 nitrogen and oxygen atoms in total. The molecule has 0 spiro atoms. The summed E-state index contributed by atoms with van der Waals surface area (Å²) < 4.78 is 39.5. The molecule has 0 N–H and O–H groups in total. The molecule has 3 aromatic rings. The first-order valence-corrected chi connectivity index (χ1v) is 8.99. The highest BCUT2D eigenvalue weighted by molar-refractivity contribution is 7.91. The summed E-state index contributed by atoms with van der Waals surface area (Å²) in [5, 5.41) is 7.49. The van der Waals surface area contributed by atoms with E-state index in [0.29, 0.717) is 5.76 Å². The Morgan fingerprint density at radius 3 is 2.60 bits per heavy atom. The van der Waals surface area contributed by atoms with Crippen LogP contribution in [-0.2, 0) is 26.0 Å². The van der Waals surface area contributed by atoms with Gasteiger partial charge in [0.15, 0.2) is 22.2 Å². The molecule has 0 fully saturated rings. The highest BCUT2D eigenvalue weighted by Gasteiger charge is 2.18. The van der Waals surface area contributed by atoms with Gasteiger partial charge in [-0.15, -0.1) is 10.2 Å². The lowest BCUT2D eigenvalue weighted by atomic mass is 10.4. The lowest BCUT2D eigenvalue weighted by molar-refractivity contribution is -0.145. The van der Waals surface area contributed by atoms with Gasteiger partial charge >= 0.3 is 5.97 Å². The van der Waals surface area contributed by atoms with Crippen molar-refractivity contribution in [3.63, 3.8) is 0 Å². The number of rotatable bonds is 7. The fourth-order valence-electron chi connectivity index (χ4n) is 1.99. The minimum Gasteiger partial charge on any atom is -0.459 e. The molecule has 130 valence electrons. The molecule has 9 heteroatoms. The Kier molecular flexibility index (Phi) is 4.94. The Balaban J connectivity index is 1.50. The topological polar surface area (TPSA) is 112 Å². The van der Waals surface area contributed by atoms with Crippen molar-refractivity contribution in [3.05, 3.63) is 54.6 Å². The smallest absolute Gasteiger partial charge is 0.307 e. The zero-order chi connectivity index (χ0) is 17.7. The van der Waals surface area contributed by atoms with Crippen LogP contribution in [0.15, 0.2) is 62.5 Å². The van der Waals surface area contributed by atoms with Gasteiger partial charge in [0.05, 0.1) is 23.3 Å². The minimum absolute atomic E-state index is 0.0886. The summed E-state index contributed by atoms with van der Waals surface area (Å²) in [6.07, 6.45) is 1.20. The molecule has 0 saturated carbocycles. The Morgan fingerprint density at radius 1 is 1.08 bits per heavy atom. The summed E-state index contributed by atoms with van der Waals surface area (Å²) >= 11 is 0. The lowest BCUT2D eigenvalue weighted by Gasteiger charge is -2.04. The lowest BCUT2D eigenvalue weighted by Crippen LogP contribution is -2.13. The van der Waals surface area contributed by atoms with Gasteiger partial charge in [-0.2, -0.15) is 0 Å². The highest BCUT2D eigenvalue weighted by atomic mass is 32.2. The maximum atomic E-state index is 12.1. The molecule has 25 heavy (non-hydrogen) atoms. The van der Waals surface area contributed by atoms with E-state index in [1.54, 1.807) is 30.3 Å². The number of furan rings is 1. The average molecular weight is 362 g/mol. The van der Waals surface area contributed by atoms with Crippen LogP contribution in [0.2, 0.25) is 0 Å². The number of hydrogen-bond donors (Lipinski definition) is 0. The number of hydrogen-bond acceptors (Lipinski definition) is 8. The predicted octanol–water partition coefficient (Wildman–Crippen LogP) is 2.24. The molecular weight excluding hydrogens is 348 g/mol. The summed E-state index contributed by atoms with van der Waals surface area (Å²) in [4.78, 5) is 11.9. The van der Waals surface area contributed by atoms with Gasteiger partial charge in [0.1, 0.15) is 0 Å². The van der Waals surface area contributed by atoms with Crippen molar-refractivity contribution >= 4 is 15.8 Å². The van der Waals surface area contributed by atoms with Gasteiger partial charge in [0.2, 0.25) is 0 Å². The maximum absolute atomic E-state index is 12.1. The SMILES string of the molecule is O=C(CCS(=O)(=O)c1ccccc1)OCc1nnc(-c2ccco2)o1. The molecule has 0 saturated heterocycles. The average Bonchev–Trinajstić information content (AvgIpc) is 3.30. The Hall–Kier alpha value is -2.94. The second-order valence-electron chi connectivity index (χ2n) is 5.02. The second-order valence-corrected chi connectivity index (χ2v) is 7.13. The van der Waals surface area contributed by atoms with E-state index in [9.17, 15) is 13.2 Å². The van der Waals surface area contributed by atoms with Gasteiger partial charge < -0.3 is 13.6 Å². The van der Waals surface area contributed by atoms with Gasteiger partial charge in [0.25, 0.3) is 11.8 Å². The quantitative estimate of drug-likeness (QED) is 0.588. The van der Waals surface area contributed by atoms with Crippen LogP contribution in [0.4, 0.5) is 0 Å². The van der Waals surface area contributed by atoms with Crippen molar-refractivity contribution in [2.24, 2.45) is 0 Å². The third-order valence-electron chi connectivity index (χ3n) is 3.23. The molecular formula is C16H14N2O6S. The number of sulfone groups is 1. The first kappa shape index (κ1) is 16.9. The predicted molar refractivity (Wildman–Crippen MR) is 84.9 cm³/mol. The van der Waals surface area contributed by atoms with Crippen molar-refractivity contribution < 1.29 is 26.8 Å². The van der Waals surface area contributed by atoms with Gasteiger partial charge in [-0.05, 0) is 24.3 Å². The molecule has 0 unspecified atom stereocenters. The molecule has 0 radical (unpaired) electrons. The molecule has 1 aromatic carbocycles. The zero-order valence-corrected chi connectivity index (χ0v) is 13.8. The van der Waals surface area contributed by atoms with E-state index in [1.165, 1.54) is 18.4 Å². The first-order valence-electron chi connectivity index (χ1n) is 7.34. The number of benzene rings is 1. The van der Waals surface area contributed by atoms with Gasteiger partial charge in [0, 0.05) is 0 Å². The monoisotopic (exact) mass is 362 g/mol. The van der Waals surface area contributed by atoms with Crippen LogP contribution >= 0.6 is 0 Å².